The van der Waals surface area contributed by atoms with Crippen LogP contribution in [0.5, 0.6) is 0 Å². The topological polar surface area (TPSA) is 0 Å². The van der Waals surface area contributed by atoms with Gasteiger partial charge in [0.2, 0.25) is 0 Å². The van der Waals surface area contributed by atoms with Crippen molar-refractivity contribution in [2.75, 3.05) is 24.6 Å². The van der Waals surface area contributed by atoms with E-state index in [-0.39, 0.29) is 0 Å². The molecule has 0 nitrogen and oxygen atoms in total. The summed E-state index contributed by atoms with van der Waals surface area (Å²) < 4.78 is -1.07. The predicted octanol–water partition coefficient (Wildman–Crippen LogP) is 3.72. The molecule has 1 fully saturated rings. The van der Waals surface area contributed by atoms with E-state index >= 15 is 0 Å². The molecule has 0 aromatic rings. The quantitative estimate of drug-likeness (QED) is 0.531. The molecule has 0 aliphatic carbocycles. The van der Waals surface area contributed by atoms with E-state index in [1.807, 2.05) is 0 Å². The van der Waals surface area contributed by atoms with E-state index in [2.05, 4.69) is 35.9 Å². The zero-order chi connectivity index (χ0) is 7.69. The molecule has 2 heteroatoms. The molecule has 0 atom stereocenters. The summed E-state index contributed by atoms with van der Waals surface area (Å²) in [6.07, 6.45) is 9.18. The Balaban J connectivity index is 2.74. The predicted molar refractivity (Wildman–Crippen MR) is 61.0 cm³/mol. The van der Waals surface area contributed by atoms with Crippen LogP contribution in [0.2, 0.25) is 0 Å². The Bertz CT molecular complexity index is 119. The summed E-state index contributed by atoms with van der Waals surface area (Å²) in [5.74, 6) is 0. The first-order chi connectivity index (χ1) is 4.63. The molecule has 0 bridgehead atoms. The van der Waals surface area contributed by atoms with E-state index in [0.717, 1.165) is 0 Å². The van der Waals surface area contributed by atoms with Crippen LogP contribution in [0.4, 0.5) is 0 Å². The second-order valence-corrected chi connectivity index (χ2v) is 17.6. The molecule has 1 heterocycles. The molecule has 0 spiro atoms. The molecule has 0 N–H and O–H groups in total. The average molecular weight is 272 g/mol. The van der Waals surface area contributed by atoms with Gasteiger partial charge < -0.3 is 0 Å². The molecule has 0 saturated carbocycles. The maximum absolute atomic E-state index is 2.86. The van der Waals surface area contributed by atoms with Gasteiger partial charge in [0, 0.05) is 0 Å². The number of hydrogen-bond acceptors (Lipinski definition) is 0. The normalized spacial score (nSPS) is 32.9. The minimum atomic E-state index is -1.07. The van der Waals surface area contributed by atoms with Gasteiger partial charge in [-0.15, -0.1) is 0 Å². The summed E-state index contributed by atoms with van der Waals surface area (Å²) in [6.45, 7) is 4.80. The van der Waals surface area contributed by atoms with Gasteiger partial charge in [-0.25, -0.2) is 0 Å². The second-order valence-electron chi connectivity index (χ2n) is 3.61. The monoisotopic (exact) mass is 272 g/mol. The van der Waals surface area contributed by atoms with Crippen LogP contribution in [0.3, 0.4) is 0 Å². The third-order valence-electron chi connectivity index (χ3n) is 3.26. The Morgan fingerprint density at radius 2 is 1.50 bits per heavy atom. The molecule has 0 aromatic heterocycles. The number of hydrogen-bond donors (Lipinski definition) is 0. The number of halogens is 1. The first-order valence-corrected chi connectivity index (χ1v) is 10.1. The van der Waals surface area contributed by atoms with Crippen LogP contribution in [0.1, 0.15) is 26.7 Å². The van der Waals surface area contributed by atoms with Crippen molar-refractivity contribution in [3.05, 3.63) is 0 Å². The van der Waals surface area contributed by atoms with Gasteiger partial charge in [-0.2, -0.15) is 0 Å². The summed E-state index contributed by atoms with van der Waals surface area (Å²) in [4.78, 5) is 0. The Labute approximate surface area is 77.6 Å². The van der Waals surface area contributed by atoms with Gasteiger partial charge in [-0.1, -0.05) is 0 Å². The van der Waals surface area contributed by atoms with Crippen LogP contribution >= 0.6 is 26.3 Å². The van der Waals surface area contributed by atoms with Crippen LogP contribution in [0.25, 0.3) is 0 Å². The van der Waals surface area contributed by atoms with Gasteiger partial charge in [-0.3, -0.25) is 0 Å². The standard InChI is InChI=1S/C8H18IP/c1-3-10(9,4-2)7-5-6-8-10/h3-8H2,1-2H3. The van der Waals surface area contributed by atoms with E-state index in [4.69, 9.17) is 0 Å². The first kappa shape index (κ1) is 9.25. The Morgan fingerprint density at radius 1 is 1.10 bits per heavy atom. The summed E-state index contributed by atoms with van der Waals surface area (Å²) in [7, 11) is 0. The van der Waals surface area contributed by atoms with Crippen LogP contribution in [0.15, 0.2) is 0 Å². The third kappa shape index (κ3) is 1.50. The van der Waals surface area contributed by atoms with Crippen LogP contribution in [-0.2, 0) is 0 Å². The van der Waals surface area contributed by atoms with E-state index in [0.29, 0.717) is 0 Å². The third-order valence-corrected chi connectivity index (χ3v) is 16.3. The Kier molecular flexibility index (Phi) is 2.68. The summed E-state index contributed by atoms with van der Waals surface area (Å²) in [5, 5.41) is 0. The molecular weight excluding hydrogens is 254 g/mol. The van der Waals surface area contributed by atoms with E-state index in [9.17, 15) is 0 Å². The van der Waals surface area contributed by atoms with Crippen molar-refractivity contribution in [3.8, 4) is 0 Å². The summed E-state index contributed by atoms with van der Waals surface area (Å²) in [5.41, 5.74) is 0. The number of rotatable bonds is 2. The molecule has 0 radical (unpaired) electrons. The van der Waals surface area contributed by atoms with Crippen LogP contribution < -0.4 is 0 Å². The zero-order valence-corrected chi connectivity index (χ0v) is 10.1. The van der Waals surface area contributed by atoms with Gasteiger partial charge in [0.1, 0.15) is 0 Å². The average Bonchev–Trinajstić information content (AvgIpc) is 2.36. The van der Waals surface area contributed by atoms with Crippen LogP contribution in [0, 0.1) is 0 Å². The second kappa shape index (κ2) is 2.90. The van der Waals surface area contributed by atoms with Crippen molar-refractivity contribution in [2.24, 2.45) is 0 Å². The van der Waals surface area contributed by atoms with Gasteiger partial charge in [0.05, 0.1) is 0 Å². The summed E-state index contributed by atoms with van der Waals surface area (Å²) in [6, 6.07) is 0. The fourth-order valence-electron chi connectivity index (χ4n) is 1.98. The van der Waals surface area contributed by atoms with Crippen molar-refractivity contribution in [3.63, 3.8) is 0 Å². The van der Waals surface area contributed by atoms with E-state index < -0.39 is 4.25 Å². The zero-order valence-electron chi connectivity index (χ0n) is 7.07. The molecule has 0 amide bonds. The van der Waals surface area contributed by atoms with E-state index in [1.54, 1.807) is 12.3 Å². The molecule has 1 saturated heterocycles. The van der Waals surface area contributed by atoms with Gasteiger partial charge in [0.15, 0.2) is 0 Å². The molecule has 1 aliphatic rings. The molecule has 0 aromatic carbocycles. The van der Waals surface area contributed by atoms with Gasteiger partial charge in [-0.05, 0) is 0 Å². The molecule has 10 heavy (non-hydrogen) atoms. The van der Waals surface area contributed by atoms with Gasteiger partial charge in [0.25, 0.3) is 0 Å². The van der Waals surface area contributed by atoms with Crippen molar-refractivity contribution in [1.29, 1.82) is 0 Å². The van der Waals surface area contributed by atoms with Gasteiger partial charge >= 0.3 is 77.6 Å². The van der Waals surface area contributed by atoms with Crippen molar-refractivity contribution in [1.82, 2.24) is 0 Å². The molecule has 62 valence electrons. The molecule has 1 rings (SSSR count). The van der Waals surface area contributed by atoms with Crippen molar-refractivity contribution in [2.45, 2.75) is 26.7 Å². The molecular formula is C8H18IP. The Hall–Kier alpha value is 1.16. The van der Waals surface area contributed by atoms with E-state index in [1.165, 1.54) is 25.2 Å². The molecule has 0 unspecified atom stereocenters. The van der Waals surface area contributed by atoms with Crippen LogP contribution in [-0.4, -0.2) is 24.6 Å². The fraction of sp³-hybridized carbons (Fsp3) is 1.00. The fourth-order valence-corrected chi connectivity index (χ4v) is 7.99. The minimum absolute atomic E-state index is 1.07. The SMILES string of the molecule is CCP1(I)(CC)CCCC1. The summed E-state index contributed by atoms with van der Waals surface area (Å²) >= 11 is 2.86. The maximum atomic E-state index is 2.86. The molecule has 1 aliphatic heterocycles. The van der Waals surface area contributed by atoms with Crippen molar-refractivity contribution < 1.29 is 0 Å². The Morgan fingerprint density at radius 3 is 1.70 bits per heavy atom. The van der Waals surface area contributed by atoms with Crippen molar-refractivity contribution >= 4 is 26.3 Å². The first-order valence-electron chi connectivity index (χ1n) is 4.35.